The Labute approximate surface area is 88.2 Å². The van der Waals surface area contributed by atoms with Gasteiger partial charge in [0.1, 0.15) is 0 Å². The number of rotatable bonds is 4. The van der Waals surface area contributed by atoms with Gasteiger partial charge in [-0.1, -0.05) is 29.8 Å². The normalized spacial score (nSPS) is 15.6. The number of amides is 1. The number of alkyl halides is 1. The van der Waals surface area contributed by atoms with E-state index in [0.29, 0.717) is 6.54 Å². The van der Waals surface area contributed by atoms with Gasteiger partial charge in [-0.05, 0) is 12.8 Å². The Morgan fingerprint density at radius 3 is 2.23 bits per heavy atom. The third-order valence-electron chi connectivity index (χ3n) is 1.74. The molecule has 0 aliphatic carbocycles. The van der Waals surface area contributed by atoms with Crippen LogP contribution >= 0.6 is 15.9 Å². The van der Waals surface area contributed by atoms with E-state index in [2.05, 4.69) is 15.9 Å². The average Bonchev–Trinajstić information content (AvgIpc) is 2.00. The maximum Gasteiger partial charge on any atom is 0.236 e. The van der Waals surface area contributed by atoms with Crippen molar-refractivity contribution in [2.45, 2.75) is 31.7 Å². The molecular weight excluding hydrogens is 234 g/mol. The lowest BCUT2D eigenvalue weighted by Crippen LogP contribution is -2.39. The first-order valence-corrected chi connectivity index (χ1v) is 5.35. The summed E-state index contributed by atoms with van der Waals surface area (Å²) in [6.45, 7) is 6.01. The van der Waals surface area contributed by atoms with E-state index in [9.17, 15) is 4.79 Å². The van der Waals surface area contributed by atoms with Crippen molar-refractivity contribution < 1.29 is 9.90 Å². The highest BCUT2D eigenvalue weighted by molar-refractivity contribution is 9.10. The van der Waals surface area contributed by atoms with Crippen LogP contribution in [0.3, 0.4) is 0 Å². The molecule has 0 aliphatic rings. The molecule has 0 spiro atoms. The molecule has 2 unspecified atom stereocenters. The third-order valence-corrected chi connectivity index (χ3v) is 3.18. The van der Waals surface area contributed by atoms with Crippen molar-refractivity contribution in [2.24, 2.45) is 5.92 Å². The fourth-order valence-corrected chi connectivity index (χ4v) is 1.33. The molecule has 0 aromatic carbocycles. The van der Waals surface area contributed by atoms with Crippen molar-refractivity contribution in [2.75, 3.05) is 13.6 Å². The molecule has 0 aromatic rings. The van der Waals surface area contributed by atoms with Crippen LogP contribution in [0, 0.1) is 5.92 Å². The van der Waals surface area contributed by atoms with Crippen LogP contribution in [0.1, 0.15) is 20.8 Å². The van der Waals surface area contributed by atoms with Gasteiger partial charge in [0.25, 0.3) is 0 Å². The largest absolute Gasteiger partial charge is 0.392 e. The van der Waals surface area contributed by atoms with Gasteiger partial charge in [0, 0.05) is 13.6 Å². The number of aliphatic hydroxyl groups excluding tert-OH is 1. The first-order valence-electron chi connectivity index (χ1n) is 4.43. The lowest BCUT2D eigenvalue weighted by Gasteiger charge is -2.23. The Balaban J connectivity index is 4.09. The molecule has 3 nitrogen and oxygen atoms in total. The highest BCUT2D eigenvalue weighted by Gasteiger charge is 2.22. The summed E-state index contributed by atoms with van der Waals surface area (Å²) < 4.78 is 0. The first-order chi connectivity index (χ1) is 5.86. The number of aliphatic hydroxyl groups is 1. The fourth-order valence-electron chi connectivity index (χ4n) is 0.982. The molecule has 0 saturated carbocycles. The van der Waals surface area contributed by atoms with E-state index in [4.69, 9.17) is 5.11 Å². The molecule has 78 valence electrons. The maximum atomic E-state index is 11.6. The van der Waals surface area contributed by atoms with Gasteiger partial charge in [0.2, 0.25) is 5.91 Å². The van der Waals surface area contributed by atoms with Gasteiger partial charge < -0.3 is 10.0 Å². The zero-order valence-electron chi connectivity index (χ0n) is 8.62. The predicted molar refractivity (Wildman–Crippen MR) is 56.9 cm³/mol. The molecular formula is C9H18BrNO2. The number of likely N-dealkylation sites (N-methyl/N-ethyl adjacent to an activating group) is 1. The van der Waals surface area contributed by atoms with Gasteiger partial charge in [0.15, 0.2) is 0 Å². The van der Waals surface area contributed by atoms with Gasteiger partial charge in [-0.2, -0.15) is 0 Å². The van der Waals surface area contributed by atoms with Crippen LogP contribution in [0.15, 0.2) is 0 Å². The summed E-state index contributed by atoms with van der Waals surface area (Å²) in [5.74, 6) is 0.292. The van der Waals surface area contributed by atoms with E-state index in [-0.39, 0.29) is 16.7 Å². The van der Waals surface area contributed by atoms with Crippen LogP contribution < -0.4 is 0 Å². The number of carbonyl (C=O) groups excluding carboxylic acids is 1. The predicted octanol–water partition coefficient (Wildman–Crippen LogP) is 1.25. The zero-order chi connectivity index (χ0) is 10.6. The summed E-state index contributed by atoms with van der Waals surface area (Å²) in [6.07, 6.45) is -0.471. The molecule has 0 saturated heterocycles. The molecule has 1 amide bonds. The molecule has 2 atom stereocenters. The Kier molecular flexibility index (Phi) is 5.56. The minimum Gasteiger partial charge on any atom is -0.392 e. The number of halogens is 1. The monoisotopic (exact) mass is 251 g/mol. The first kappa shape index (κ1) is 12.9. The molecule has 4 heteroatoms. The standard InChI is InChI=1S/C9H18BrNO2/c1-6(2)8(10)9(13)11(4)5-7(3)12/h6-8,12H,5H2,1-4H3. The van der Waals surface area contributed by atoms with E-state index in [1.807, 2.05) is 13.8 Å². The minimum absolute atomic E-state index is 0.0240. The summed E-state index contributed by atoms with van der Waals surface area (Å²) in [5, 5.41) is 9.08. The van der Waals surface area contributed by atoms with Crippen LogP contribution in [0.5, 0.6) is 0 Å². The molecule has 0 radical (unpaired) electrons. The van der Waals surface area contributed by atoms with Crippen LogP contribution in [0.4, 0.5) is 0 Å². The van der Waals surface area contributed by atoms with E-state index in [1.54, 1.807) is 18.9 Å². The SMILES string of the molecule is CC(O)CN(C)C(=O)C(Br)C(C)C. The number of carbonyl (C=O) groups is 1. The quantitative estimate of drug-likeness (QED) is 0.765. The summed E-state index contributed by atoms with van der Waals surface area (Å²) >= 11 is 3.33. The number of nitrogens with zero attached hydrogens (tertiary/aromatic N) is 1. The van der Waals surface area contributed by atoms with E-state index in [1.165, 1.54) is 0 Å². The van der Waals surface area contributed by atoms with Crippen molar-refractivity contribution in [3.63, 3.8) is 0 Å². The van der Waals surface area contributed by atoms with Crippen LogP contribution in [-0.4, -0.2) is 40.4 Å². The molecule has 13 heavy (non-hydrogen) atoms. The summed E-state index contributed by atoms with van der Waals surface area (Å²) in [7, 11) is 1.70. The lowest BCUT2D eigenvalue weighted by atomic mass is 10.1. The fraction of sp³-hybridized carbons (Fsp3) is 0.889. The summed E-state index contributed by atoms with van der Waals surface area (Å²) in [6, 6.07) is 0. The Hall–Kier alpha value is -0.0900. The smallest absolute Gasteiger partial charge is 0.236 e. The van der Waals surface area contributed by atoms with Gasteiger partial charge in [-0.15, -0.1) is 0 Å². The molecule has 0 heterocycles. The maximum absolute atomic E-state index is 11.6. The van der Waals surface area contributed by atoms with Gasteiger partial charge in [-0.25, -0.2) is 0 Å². The lowest BCUT2D eigenvalue weighted by molar-refractivity contribution is -0.131. The molecule has 0 bridgehead atoms. The Morgan fingerprint density at radius 1 is 1.46 bits per heavy atom. The van der Waals surface area contributed by atoms with E-state index >= 15 is 0 Å². The molecule has 0 fully saturated rings. The van der Waals surface area contributed by atoms with Crippen molar-refractivity contribution >= 4 is 21.8 Å². The molecule has 0 aliphatic heterocycles. The van der Waals surface area contributed by atoms with Crippen molar-refractivity contribution in [1.82, 2.24) is 4.90 Å². The molecule has 0 aromatic heterocycles. The summed E-state index contributed by atoms with van der Waals surface area (Å²) in [5.41, 5.74) is 0. The van der Waals surface area contributed by atoms with Gasteiger partial charge in [0.05, 0.1) is 10.9 Å². The van der Waals surface area contributed by atoms with E-state index in [0.717, 1.165) is 0 Å². The van der Waals surface area contributed by atoms with Gasteiger partial charge in [-0.3, -0.25) is 4.79 Å². The minimum atomic E-state index is -0.471. The third kappa shape index (κ3) is 4.62. The van der Waals surface area contributed by atoms with Crippen molar-refractivity contribution in [3.8, 4) is 0 Å². The van der Waals surface area contributed by atoms with Crippen LogP contribution in [-0.2, 0) is 4.79 Å². The summed E-state index contributed by atoms with van der Waals surface area (Å²) in [4.78, 5) is 13.0. The zero-order valence-corrected chi connectivity index (χ0v) is 10.2. The Bertz CT molecular complexity index is 171. The topological polar surface area (TPSA) is 40.5 Å². The van der Waals surface area contributed by atoms with Crippen molar-refractivity contribution in [3.05, 3.63) is 0 Å². The second-order valence-electron chi connectivity index (χ2n) is 3.71. The molecule has 1 N–H and O–H groups in total. The van der Waals surface area contributed by atoms with Crippen LogP contribution in [0.25, 0.3) is 0 Å². The highest BCUT2D eigenvalue weighted by atomic mass is 79.9. The van der Waals surface area contributed by atoms with Gasteiger partial charge >= 0.3 is 0 Å². The van der Waals surface area contributed by atoms with Crippen LogP contribution in [0.2, 0.25) is 0 Å². The highest BCUT2D eigenvalue weighted by Crippen LogP contribution is 2.14. The molecule has 0 rings (SSSR count). The van der Waals surface area contributed by atoms with E-state index < -0.39 is 6.10 Å². The number of hydrogen-bond donors (Lipinski definition) is 1. The van der Waals surface area contributed by atoms with Crippen molar-refractivity contribution in [1.29, 1.82) is 0 Å². The second-order valence-corrected chi connectivity index (χ2v) is 4.70. The number of hydrogen-bond acceptors (Lipinski definition) is 2. The second kappa shape index (κ2) is 5.60. The Morgan fingerprint density at radius 2 is 1.92 bits per heavy atom. The average molecular weight is 252 g/mol.